The molecule has 0 radical (unpaired) electrons. The van der Waals surface area contributed by atoms with Crippen LogP contribution in [0.3, 0.4) is 0 Å². The zero-order valence-electron chi connectivity index (χ0n) is 26.7. The van der Waals surface area contributed by atoms with Gasteiger partial charge in [-0.1, -0.05) is 45.9 Å². The summed E-state index contributed by atoms with van der Waals surface area (Å²) >= 11 is 0. The fourth-order valence-electron chi connectivity index (χ4n) is 5.02. The van der Waals surface area contributed by atoms with E-state index in [9.17, 15) is 24.3 Å². The number of amides is 3. The summed E-state index contributed by atoms with van der Waals surface area (Å²) in [7, 11) is 1.44. The van der Waals surface area contributed by atoms with Crippen LogP contribution in [0.25, 0.3) is 16.7 Å². The van der Waals surface area contributed by atoms with E-state index in [2.05, 4.69) is 25.4 Å². The minimum absolute atomic E-state index is 0.0627. The number of ketones is 1. The van der Waals surface area contributed by atoms with Crippen molar-refractivity contribution in [3.05, 3.63) is 66.0 Å². The van der Waals surface area contributed by atoms with Gasteiger partial charge in [0.25, 0.3) is 17.6 Å². The summed E-state index contributed by atoms with van der Waals surface area (Å²) in [6.07, 6.45) is 4.61. The molecular weight excluding hydrogens is 592 g/mol. The van der Waals surface area contributed by atoms with Crippen LogP contribution < -0.4 is 10.1 Å². The maximum Gasteiger partial charge on any atom is 0.295 e. The van der Waals surface area contributed by atoms with Crippen molar-refractivity contribution in [3.63, 3.8) is 0 Å². The van der Waals surface area contributed by atoms with Crippen LogP contribution in [0.5, 0.6) is 5.75 Å². The van der Waals surface area contributed by atoms with Gasteiger partial charge in [-0.15, -0.1) is 5.10 Å². The van der Waals surface area contributed by atoms with Gasteiger partial charge in [-0.25, -0.2) is 14.6 Å². The molecule has 1 aromatic carbocycles. The van der Waals surface area contributed by atoms with Gasteiger partial charge in [0.2, 0.25) is 5.91 Å². The molecule has 14 nitrogen and oxygen atoms in total. The number of ether oxygens (including phenoxy) is 1. The molecule has 0 spiro atoms. The smallest absolute Gasteiger partial charge is 0.295 e. The molecule has 0 atom stereocenters. The molecule has 46 heavy (non-hydrogen) atoms. The minimum Gasteiger partial charge on any atom is -0.494 e. The molecule has 3 N–H and O–H groups in total. The summed E-state index contributed by atoms with van der Waals surface area (Å²) in [5.74, 6) is -0.831. The number of hydrogen-bond acceptors (Lipinski definition) is 9. The Morgan fingerprint density at radius 3 is 2.35 bits per heavy atom. The van der Waals surface area contributed by atoms with Crippen LogP contribution in [0.1, 0.15) is 60.7 Å². The third kappa shape index (κ3) is 7.07. The van der Waals surface area contributed by atoms with Crippen LogP contribution in [0.15, 0.2) is 49.1 Å². The number of benzene rings is 1. The second kappa shape index (κ2) is 14.8. The molecule has 4 heterocycles. The van der Waals surface area contributed by atoms with Crippen LogP contribution >= 0.6 is 0 Å². The van der Waals surface area contributed by atoms with Gasteiger partial charge in [-0.05, 0) is 18.6 Å². The van der Waals surface area contributed by atoms with E-state index in [0.29, 0.717) is 47.6 Å². The number of aliphatic hydroxyl groups is 1. The van der Waals surface area contributed by atoms with Crippen molar-refractivity contribution in [1.29, 1.82) is 0 Å². The highest BCUT2D eigenvalue weighted by Gasteiger charge is 2.32. The third-order valence-corrected chi connectivity index (χ3v) is 7.70. The quantitative estimate of drug-likeness (QED) is 0.175. The van der Waals surface area contributed by atoms with Crippen LogP contribution in [-0.2, 0) is 16.1 Å². The normalized spacial score (nSPS) is 13.2. The molecule has 1 fully saturated rings. The average molecular weight is 633 g/mol. The summed E-state index contributed by atoms with van der Waals surface area (Å²) in [6, 6.07) is 8.93. The predicted molar refractivity (Wildman–Crippen MR) is 169 cm³/mol. The standard InChI is InChI=1S/C30H34N8O6.C2H6/c1-30(2,9-14-39)29(43)33-17-22-34-18-38(35-22)26-24-23(21(44-3)16-32-26)20(15-31-24)25(40)28(42)37-12-10-36(11-13-37)27(41)19-7-5-4-6-8-19;1-2/h4-8,15-16,18,31,39H,9-14,17H2,1-3H3,(H,33,43);1-2H3. The maximum atomic E-state index is 13.5. The first kappa shape index (κ1) is 33.8. The number of H-pyrrole nitrogens is 1. The summed E-state index contributed by atoms with van der Waals surface area (Å²) < 4.78 is 6.88. The lowest BCUT2D eigenvalue weighted by Crippen LogP contribution is -2.52. The average Bonchev–Trinajstić information content (AvgIpc) is 3.75. The van der Waals surface area contributed by atoms with E-state index in [0.717, 1.165) is 0 Å². The van der Waals surface area contributed by atoms with Crippen LogP contribution in [-0.4, -0.2) is 103 Å². The molecule has 4 aromatic rings. The molecule has 0 unspecified atom stereocenters. The van der Waals surface area contributed by atoms with Gasteiger partial charge in [0.05, 0.1) is 36.3 Å². The fourth-order valence-corrected chi connectivity index (χ4v) is 5.02. The zero-order valence-corrected chi connectivity index (χ0v) is 26.7. The number of aromatic nitrogens is 5. The second-order valence-electron chi connectivity index (χ2n) is 11.0. The van der Waals surface area contributed by atoms with Crippen molar-refractivity contribution >= 4 is 34.4 Å². The van der Waals surface area contributed by atoms with Crippen LogP contribution in [0.4, 0.5) is 0 Å². The van der Waals surface area contributed by atoms with Gasteiger partial charge >= 0.3 is 0 Å². The summed E-state index contributed by atoms with van der Waals surface area (Å²) in [4.78, 5) is 66.9. The summed E-state index contributed by atoms with van der Waals surface area (Å²) in [5, 5.41) is 16.8. The molecule has 1 aliphatic rings. The Bertz CT molecular complexity index is 1690. The first-order valence-electron chi connectivity index (χ1n) is 15.2. The number of carbonyl (C=O) groups excluding carboxylic acids is 4. The van der Waals surface area contributed by atoms with Crippen LogP contribution in [0.2, 0.25) is 0 Å². The van der Waals surface area contributed by atoms with E-state index in [4.69, 9.17) is 4.74 Å². The molecule has 5 rings (SSSR count). The molecule has 0 bridgehead atoms. The largest absolute Gasteiger partial charge is 0.494 e. The number of aromatic amines is 1. The topological polar surface area (TPSA) is 176 Å². The molecule has 14 heteroatoms. The fraction of sp³-hybridized carbons (Fsp3) is 0.406. The number of rotatable bonds is 10. The number of Topliss-reactive ketones (excluding diaryl/α,β-unsaturated/α-hetero) is 1. The highest BCUT2D eigenvalue weighted by Crippen LogP contribution is 2.32. The monoisotopic (exact) mass is 632 g/mol. The number of carbonyl (C=O) groups is 4. The predicted octanol–water partition coefficient (Wildman–Crippen LogP) is 2.37. The molecule has 0 aliphatic carbocycles. The third-order valence-electron chi connectivity index (χ3n) is 7.70. The van der Waals surface area contributed by atoms with Gasteiger partial charge in [0.15, 0.2) is 11.6 Å². The number of pyridine rings is 1. The SMILES string of the molecule is CC.COc1cnc(-n2cnc(CNC(=O)C(C)(C)CCO)n2)c2[nH]cc(C(=O)C(=O)N3CCN(C(=O)c4ccccc4)CC3)c12. The number of fused-ring (bicyclic) bond motifs is 1. The van der Waals surface area contributed by atoms with Crippen molar-refractivity contribution in [2.45, 2.75) is 40.7 Å². The molecule has 1 saturated heterocycles. The molecule has 3 amide bonds. The second-order valence-corrected chi connectivity index (χ2v) is 11.0. The maximum absolute atomic E-state index is 13.5. The Kier molecular flexibility index (Phi) is 10.9. The van der Waals surface area contributed by atoms with E-state index < -0.39 is 17.1 Å². The molecule has 3 aromatic heterocycles. The van der Waals surface area contributed by atoms with Gasteiger partial charge in [0.1, 0.15) is 12.1 Å². The van der Waals surface area contributed by atoms with E-state index in [1.807, 2.05) is 19.9 Å². The lowest BCUT2D eigenvalue weighted by molar-refractivity contribution is -0.130. The number of piperazine rings is 1. The highest BCUT2D eigenvalue weighted by atomic mass is 16.5. The molecule has 1 aliphatic heterocycles. The Balaban J connectivity index is 0.00000235. The van der Waals surface area contributed by atoms with Gasteiger partial charge in [-0.2, -0.15) is 0 Å². The van der Waals surface area contributed by atoms with Crippen molar-refractivity contribution < 1.29 is 29.0 Å². The lowest BCUT2D eigenvalue weighted by Gasteiger charge is -2.34. The Morgan fingerprint density at radius 2 is 1.70 bits per heavy atom. The van der Waals surface area contributed by atoms with Crippen molar-refractivity contribution in [2.24, 2.45) is 5.41 Å². The highest BCUT2D eigenvalue weighted by molar-refractivity contribution is 6.45. The van der Waals surface area contributed by atoms with Crippen molar-refractivity contribution in [1.82, 2.24) is 39.8 Å². The van der Waals surface area contributed by atoms with E-state index in [-0.39, 0.29) is 49.4 Å². The Labute approximate surface area is 266 Å². The van der Waals surface area contributed by atoms with Gasteiger partial charge < -0.3 is 29.9 Å². The molecule has 244 valence electrons. The van der Waals surface area contributed by atoms with Gasteiger partial charge in [0, 0.05) is 50.0 Å². The van der Waals surface area contributed by atoms with Crippen LogP contribution in [0, 0.1) is 5.41 Å². The van der Waals surface area contributed by atoms with Crippen molar-refractivity contribution in [3.8, 4) is 11.6 Å². The van der Waals surface area contributed by atoms with E-state index in [1.165, 1.54) is 35.4 Å². The first-order valence-corrected chi connectivity index (χ1v) is 15.2. The zero-order chi connectivity index (χ0) is 33.4. The van der Waals surface area contributed by atoms with Crippen molar-refractivity contribution in [2.75, 3.05) is 39.9 Å². The lowest BCUT2D eigenvalue weighted by atomic mass is 9.89. The number of hydrogen-bond donors (Lipinski definition) is 3. The molecular formula is C32H40N8O6. The summed E-state index contributed by atoms with van der Waals surface area (Å²) in [5.41, 5.74) is 0.346. The van der Waals surface area contributed by atoms with E-state index in [1.54, 1.807) is 43.0 Å². The Morgan fingerprint density at radius 1 is 1.02 bits per heavy atom. The number of nitrogens with one attached hydrogen (secondary N) is 2. The number of nitrogens with zero attached hydrogens (tertiary/aromatic N) is 6. The number of aliphatic hydroxyl groups excluding tert-OH is 1. The van der Waals surface area contributed by atoms with E-state index >= 15 is 0 Å². The molecule has 0 saturated carbocycles. The minimum atomic E-state index is -0.751. The number of methoxy groups -OCH3 is 1. The first-order chi connectivity index (χ1) is 22.1. The van der Waals surface area contributed by atoms with Gasteiger partial charge in [-0.3, -0.25) is 19.2 Å². The Hall–Kier alpha value is -5.11. The summed E-state index contributed by atoms with van der Waals surface area (Å²) in [6.45, 7) is 8.51.